The first-order valence-corrected chi connectivity index (χ1v) is 9.26. The first-order valence-electron chi connectivity index (χ1n) is 9.26. The number of hydrogen-bond acceptors (Lipinski definition) is 6. The molecule has 0 amide bonds. The summed E-state index contributed by atoms with van der Waals surface area (Å²) < 4.78 is 12.3. The van der Waals surface area contributed by atoms with Gasteiger partial charge in [-0.15, -0.1) is 0 Å². The molecule has 9 nitrogen and oxygen atoms in total. The number of H-pyrrole nitrogens is 1. The predicted octanol–water partition coefficient (Wildman–Crippen LogP) is 3.28. The van der Waals surface area contributed by atoms with Crippen LogP contribution in [0.15, 0.2) is 58.3 Å². The number of non-ortho nitro benzene ring substituents is 1. The Labute approximate surface area is 172 Å². The predicted molar refractivity (Wildman–Crippen MR) is 113 cm³/mol. The highest BCUT2D eigenvalue weighted by Gasteiger charge is 2.15. The minimum Gasteiger partial charge on any atom is -0.493 e. The molecule has 0 fully saturated rings. The molecule has 3 rings (SSSR count). The number of methoxy groups -OCH3 is 1. The summed E-state index contributed by atoms with van der Waals surface area (Å²) in [5.41, 5.74) is 1.90. The van der Waals surface area contributed by atoms with Gasteiger partial charge in [0.1, 0.15) is 6.61 Å². The number of nitro benzene ring substituents is 1. The number of aliphatic imine (C=N–C) groups is 1. The zero-order valence-corrected chi connectivity index (χ0v) is 16.9. The van der Waals surface area contributed by atoms with E-state index in [0.717, 1.165) is 0 Å². The molecular weight excluding hydrogens is 388 g/mol. The van der Waals surface area contributed by atoms with Crippen molar-refractivity contribution < 1.29 is 14.4 Å². The minimum atomic E-state index is -0.484. The van der Waals surface area contributed by atoms with Gasteiger partial charge in [0.15, 0.2) is 11.5 Å². The zero-order valence-electron chi connectivity index (χ0n) is 16.9. The molecule has 0 radical (unpaired) electrons. The van der Waals surface area contributed by atoms with Crippen LogP contribution in [0.5, 0.6) is 11.5 Å². The Bertz CT molecular complexity index is 1130. The van der Waals surface area contributed by atoms with Crippen molar-refractivity contribution in [2.24, 2.45) is 4.99 Å². The molecule has 0 atom stereocenters. The highest BCUT2D eigenvalue weighted by Crippen LogP contribution is 2.25. The molecule has 1 N–H and O–H groups in total. The van der Waals surface area contributed by atoms with Crippen molar-refractivity contribution in [3.05, 3.63) is 80.3 Å². The van der Waals surface area contributed by atoms with E-state index in [1.807, 2.05) is 24.3 Å². The summed E-state index contributed by atoms with van der Waals surface area (Å²) >= 11 is 0. The van der Waals surface area contributed by atoms with Crippen molar-refractivity contribution in [1.82, 2.24) is 9.78 Å². The number of aromatic amines is 1. The first kappa shape index (κ1) is 20.8. The number of nitrogens with zero attached hydrogens (tertiary/aromatic N) is 3. The molecule has 0 saturated heterocycles. The second-order valence-electron chi connectivity index (χ2n) is 6.49. The maximum Gasteiger partial charge on any atom is 0.280 e. The second kappa shape index (κ2) is 9.08. The van der Waals surface area contributed by atoms with E-state index < -0.39 is 4.92 Å². The third kappa shape index (κ3) is 4.40. The summed E-state index contributed by atoms with van der Waals surface area (Å²) in [4.78, 5) is 27.6. The summed E-state index contributed by atoms with van der Waals surface area (Å²) in [6, 6.07) is 13.1. The Balaban J connectivity index is 1.74. The molecule has 0 bridgehead atoms. The molecule has 9 heteroatoms. The van der Waals surface area contributed by atoms with Crippen molar-refractivity contribution in [2.45, 2.75) is 13.8 Å². The van der Waals surface area contributed by atoms with E-state index in [1.165, 1.54) is 28.9 Å². The number of para-hydroxylation sites is 2. The summed E-state index contributed by atoms with van der Waals surface area (Å²) in [5, 5.41) is 13.8. The summed E-state index contributed by atoms with van der Waals surface area (Å²) in [5.74, 6) is 1.27. The van der Waals surface area contributed by atoms with Crippen molar-refractivity contribution in [3.63, 3.8) is 0 Å². The van der Waals surface area contributed by atoms with E-state index in [2.05, 4.69) is 10.1 Å². The summed E-state index contributed by atoms with van der Waals surface area (Å²) in [6.45, 7) is 4.24. The maximum absolute atomic E-state index is 12.9. The Kier molecular flexibility index (Phi) is 6.31. The van der Waals surface area contributed by atoms with Crippen LogP contribution in [0.3, 0.4) is 0 Å². The highest BCUT2D eigenvalue weighted by molar-refractivity contribution is 5.99. The van der Waals surface area contributed by atoms with E-state index in [-0.39, 0.29) is 11.2 Å². The van der Waals surface area contributed by atoms with Gasteiger partial charge >= 0.3 is 0 Å². The Hall–Kier alpha value is -3.88. The molecule has 0 unspecified atom stereocenters. The third-order valence-electron chi connectivity index (χ3n) is 4.52. The van der Waals surface area contributed by atoms with Gasteiger partial charge in [-0.25, -0.2) is 4.68 Å². The average Bonchev–Trinajstić information content (AvgIpc) is 3.05. The number of aromatic nitrogens is 2. The standard InChI is InChI=1S/C21H22N4O5/c1-14(22-12-13-30-19-7-5-4-6-18(19)29-3)20-15(2)23-24(21(20)26)16-8-10-17(11-9-16)25(27)28/h4-11,23H,12-13H2,1-3H3. The van der Waals surface area contributed by atoms with E-state index in [9.17, 15) is 14.9 Å². The van der Waals surface area contributed by atoms with E-state index in [4.69, 9.17) is 9.47 Å². The fourth-order valence-electron chi connectivity index (χ4n) is 3.06. The lowest BCUT2D eigenvalue weighted by molar-refractivity contribution is -0.384. The monoisotopic (exact) mass is 410 g/mol. The number of aryl methyl sites for hydroxylation is 1. The van der Waals surface area contributed by atoms with E-state index in [0.29, 0.717) is 47.3 Å². The van der Waals surface area contributed by atoms with Gasteiger partial charge in [0, 0.05) is 23.5 Å². The normalized spacial score (nSPS) is 11.4. The summed E-state index contributed by atoms with van der Waals surface area (Å²) in [7, 11) is 1.58. The number of nitro groups is 1. The van der Waals surface area contributed by atoms with Gasteiger partial charge in [-0.1, -0.05) is 12.1 Å². The molecular formula is C21H22N4O5. The Morgan fingerprint density at radius 1 is 1.17 bits per heavy atom. The highest BCUT2D eigenvalue weighted by atomic mass is 16.6. The molecule has 0 aliphatic rings. The van der Waals surface area contributed by atoms with Crippen LogP contribution in [0, 0.1) is 17.0 Å². The minimum absolute atomic E-state index is 0.0388. The number of rotatable bonds is 8. The van der Waals surface area contributed by atoms with Gasteiger partial charge in [0.05, 0.1) is 29.8 Å². The van der Waals surface area contributed by atoms with Gasteiger partial charge in [0.2, 0.25) is 0 Å². The van der Waals surface area contributed by atoms with Crippen molar-refractivity contribution >= 4 is 11.4 Å². The van der Waals surface area contributed by atoms with Gasteiger partial charge in [-0.3, -0.25) is 25.0 Å². The second-order valence-corrected chi connectivity index (χ2v) is 6.49. The fourth-order valence-corrected chi connectivity index (χ4v) is 3.06. The molecule has 0 saturated carbocycles. The molecule has 1 aromatic heterocycles. The van der Waals surface area contributed by atoms with Crippen LogP contribution in [0.25, 0.3) is 5.69 Å². The van der Waals surface area contributed by atoms with Gasteiger partial charge < -0.3 is 9.47 Å². The van der Waals surface area contributed by atoms with Crippen molar-refractivity contribution in [1.29, 1.82) is 0 Å². The number of benzene rings is 2. The van der Waals surface area contributed by atoms with Crippen LogP contribution in [0.4, 0.5) is 5.69 Å². The lowest BCUT2D eigenvalue weighted by Crippen LogP contribution is -2.20. The third-order valence-corrected chi connectivity index (χ3v) is 4.52. The maximum atomic E-state index is 12.9. The Morgan fingerprint density at radius 2 is 1.83 bits per heavy atom. The fraction of sp³-hybridized carbons (Fsp3) is 0.238. The quantitative estimate of drug-likeness (QED) is 0.265. The largest absolute Gasteiger partial charge is 0.493 e. The molecule has 1 heterocycles. The average molecular weight is 410 g/mol. The van der Waals surface area contributed by atoms with Crippen LogP contribution in [-0.2, 0) is 0 Å². The molecule has 156 valence electrons. The topological polar surface area (TPSA) is 112 Å². The number of nitrogens with one attached hydrogen (secondary N) is 1. The lowest BCUT2D eigenvalue weighted by atomic mass is 10.2. The SMILES string of the molecule is COc1ccccc1OCCN=C(C)c1c(C)[nH]n(-c2ccc([N+](=O)[O-])cc2)c1=O. The molecule has 2 aromatic carbocycles. The van der Waals surface area contributed by atoms with Crippen LogP contribution in [-0.4, -0.2) is 40.7 Å². The molecule has 30 heavy (non-hydrogen) atoms. The van der Waals surface area contributed by atoms with Gasteiger partial charge in [0.25, 0.3) is 11.2 Å². The number of ether oxygens (including phenoxy) is 2. The smallest absolute Gasteiger partial charge is 0.280 e. The van der Waals surface area contributed by atoms with Crippen LogP contribution in [0.2, 0.25) is 0 Å². The van der Waals surface area contributed by atoms with Gasteiger partial charge in [-0.2, -0.15) is 0 Å². The molecule has 3 aromatic rings. The molecule has 0 aliphatic heterocycles. The van der Waals surface area contributed by atoms with Crippen LogP contribution in [0.1, 0.15) is 18.2 Å². The van der Waals surface area contributed by atoms with Gasteiger partial charge in [-0.05, 0) is 38.1 Å². The molecule has 0 aliphatic carbocycles. The van der Waals surface area contributed by atoms with E-state index in [1.54, 1.807) is 21.0 Å². The summed E-state index contributed by atoms with van der Waals surface area (Å²) in [6.07, 6.45) is 0. The van der Waals surface area contributed by atoms with E-state index >= 15 is 0 Å². The van der Waals surface area contributed by atoms with Crippen LogP contribution >= 0.6 is 0 Å². The van der Waals surface area contributed by atoms with Crippen molar-refractivity contribution in [3.8, 4) is 17.2 Å². The van der Waals surface area contributed by atoms with Crippen LogP contribution < -0.4 is 15.0 Å². The van der Waals surface area contributed by atoms with Crippen molar-refractivity contribution in [2.75, 3.05) is 20.3 Å². The lowest BCUT2D eigenvalue weighted by Gasteiger charge is -2.09. The Morgan fingerprint density at radius 3 is 2.47 bits per heavy atom. The number of hydrogen-bond donors (Lipinski definition) is 1. The first-order chi connectivity index (χ1) is 14.4. The molecule has 0 spiro atoms. The zero-order chi connectivity index (χ0) is 21.7.